The van der Waals surface area contributed by atoms with Crippen LogP contribution in [0, 0.1) is 0 Å². The summed E-state index contributed by atoms with van der Waals surface area (Å²) in [5.74, 6) is 0.805. The predicted octanol–water partition coefficient (Wildman–Crippen LogP) is 2.43. The van der Waals surface area contributed by atoms with Crippen molar-refractivity contribution >= 4 is 23.0 Å². The first-order valence-corrected chi connectivity index (χ1v) is 9.02. The summed E-state index contributed by atoms with van der Waals surface area (Å²) in [4.78, 5) is 1.36. The maximum Gasteiger partial charge on any atom is 0.171 e. The number of benzene rings is 2. The molecular formula is C20H28N3OS+. The van der Waals surface area contributed by atoms with Crippen LogP contribution >= 0.6 is 12.2 Å². The van der Waals surface area contributed by atoms with Crippen LogP contribution in [0.1, 0.15) is 24.1 Å². The Hall–Kier alpha value is -2.11. The van der Waals surface area contributed by atoms with Crippen LogP contribution in [0.25, 0.3) is 0 Å². The molecule has 1 atom stereocenters. The molecular weight excluding hydrogens is 330 g/mol. The van der Waals surface area contributed by atoms with Crippen molar-refractivity contribution in [1.82, 2.24) is 5.32 Å². The summed E-state index contributed by atoms with van der Waals surface area (Å²) in [7, 11) is 5.99. The van der Waals surface area contributed by atoms with E-state index in [1.807, 2.05) is 24.3 Å². The number of hydrogen-bond acceptors (Lipinski definition) is 2. The molecule has 3 N–H and O–H groups in total. The molecule has 0 aliphatic rings. The van der Waals surface area contributed by atoms with Gasteiger partial charge in [-0.1, -0.05) is 37.3 Å². The van der Waals surface area contributed by atoms with Crippen molar-refractivity contribution in [3.63, 3.8) is 0 Å². The van der Waals surface area contributed by atoms with Crippen LogP contribution in [0.15, 0.2) is 48.5 Å². The first-order valence-electron chi connectivity index (χ1n) is 8.61. The van der Waals surface area contributed by atoms with Gasteiger partial charge >= 0.3 is 0 Å². The summed E-state index contributed by atoms with van der Waals surface area (Å²) in [6.07, 6.45) is 1.06. The van der Waals surface area contributed by atoms with Crippen LogP contribution in [0.5, 0.6) is 5.75 Å². The maximum absolute atomic E-state index is 5.44. The Balaban J connectivity index is 1.96. The highest BCUT2D eigenvalue weighted by atomic mass is 32.1. The number of thiocarbonyl (C=S) groups is 1. The summed E-state index contributed by atoms with van der Waals surface area (Å²) in [5, 5.41) is 7.16. The van der Waals surface area contributed by atoms with E-state index in [-0.39, 0.29) is 0 Å². The lowest BCUT2D eigenvalue weighted by atomic mass is 10.0. The summed E-state index contributed by atoms with van der Waals surface area (Å²) >= 11 is 5.44. The van der Waals surface area contributed by atoms with Crippen LogP contribution in [-0.4, -0.2) is 32.9 Å². The standard InChI is InChI=1S/C20H27N3OS/c1-5-15-9-11-16(12-10-15)19(23(2)3)14-21-20(25)22-17-7-6-8-18(13-17)24-4/h6-13,19H,5,14H2,1-4H3,(H2,21,22,25)/p+1/t19-/m0/s1. The summed E-state index contributed by atoms with van der Waals surface area (Å²) in [6, 6.07) is 16.9. The largest absolute Gasteiger partial charge is 0.497 e. The molecule has 0 unspecified atom stereocenters. The fourth-order valence-electron chi connectivity index (χ4n) is 2.71. The van der Waals surface area contributed by atoms with Crippen LogP contribution in [0.2, 0.25) is 0 Å². The Labute approximate surface area is 156 Å². The van der Waals surface area contributed by atoms with Gasteiger partial charge in [-0.3, -0.25) is 0 Å². The minimum Gasteiger partial charge on any atom is -0.497 e. The second kappa shape index (κ2) is 9.39. The van der Waals surface area contributed by atoms with Crippen molar-refractivity contribution in [3.05, 3.63) is 59.7 Å². The molecule has 25 heavy (non-hydrogen) atoms. The quantitative estimate of drug-likeness (QED) is 0.665. The van der Waals surface area contributed by atoms with Gasteiger partial charge in [0.1, 0.15) is 11.8 Å². The molecule has 0 aliphatic carbocycles. The van der Waals surface area contributed by atoms with Gasteiger partial charge in [-0.15, -0.1) is 0 Å². The number of anilines is 1. The molecule has 0 radical (unpaired) electrons. The van der Waals surface area contributed by atoms with Crippen LogP contribution in [0.3, 0.4) is 0 Å². The van der Waals surface area contributed by atoms with Crippen molar-refractivity contribution < 1.29 is 9.64 Å². The Kier molecular flexibility index (Phi) is 7.22. The Morgan fingerprint density at radius 1 is 1.16 bits per heavy atom. The molecule has 0 aromatic heterocycles. The third-order valence-electron chi connectivity index (χ3n) is 4.28. The minimum absolute atomic E-state index is 0.330. The number of rotatable bonds is 7. The summed E-state index contributed by atoms with van der Waals surface area (Å²) in [6.45, 7) is 2.94. The van der Waals surface area contributed by atoms with Gasteiger partial charge < -0.3 is 20.3 Å². The van der Waals surface area contributed by atoms with Gasteiger partial charge in [-0.25, -0.2) is 0 Å². The van der Waals surface area contributed by atoms with Crippen molar-refractivity contribution in [2.24, 2.45) is 0 Å². The lowest BCUT2D eigenvalue weighted by Gasteiger charge is -2.23. The molecule has 0 amide bonds. The van der Waals surface area contributed by atoms with E-state index in [9.17, 15) is 0 Å². The van der Waals surface area contributed by atoms with E-state index in [0.717, 1.165) is 24.4 Å². The van der Waals surface area contributed by atoms with E-state index < -0.39 is 0 Å². The van der Waals surface area contributed by atoms with E-state index in [4.69, 9.17) is 17.0 Å². The molecule has 2 rings (SSSR count). The first-order chi connectivity index (χ1) is 12.0. The topological polar surface area (TPSA) is 37.7 Å². The predicted molar refractivity (Wildman–Crippen MR) is 109 cm³/mol. The monoisotopic (exact) mass is 358 g/mol. The van der Waals surface area contributed by atoms with Gasteiger partial charge in [0.2, 0.25) is 0 Å². The minimum atomic E-state index is 0.330. The smallest absolute Gasteiger partial charge is 0.171 e. The molecule has 2 aromatic carbocycles. The number of likely N-dealkylation sites (N-methyl/N-ethyl adjacent to an activating group) is 1. The van der Waals surface area contributed by atoms with E-state index in [1.165, 1.54) is 16.0 Å². The molecule has 4 nitrogen and oxygen atoms in total. The SMILES string of the molecule is CCc1ccc([C@H](CNC(=S)Nc2cccc(OC)c2)[NH+](C)C)cc1. The zero-order chi connectivity index (χ0) is 18.2. The molecule has 0 saturated carbocycles. The lowest BCUT2D eigenvalue weighted by molar-refractivity contribution is -0.890. The number of methoxy groups -OCH3 is 1. The summed E-state index contributed by atoms with van der Waals surface area (Å²) in [5.41, 5.74) is 3.59. The second-order valence-electron chi connectivity index (χ2n) is 6.29. The fraction of sp³-hybridized carbons (Fsp3) is 0.350. The molecule has 5 heteroatoms. The lowest BCUT2D eigenvalue weighted by Crippen LogP contribution is -3.07. The molecule has 0 heterocycles. The molecule has 0 spiro atoms. The number of aryl methyl sites for hydroxylation is 1. The maximum atomic E-state index is 5.44. The van der Waals surface area contributed by atoms with Gasteiger partial charge in [0.15, 0.2) is 5.11 Å². The van der Waals surface area contributed by atoms with Crippen molar-refractivity contribution in [3.8, 4) is 5.75 Å². The van der Waals surface area contributed by atoms with Crippen LogP contribution in [-0.2, 0) is 6.42 Å². The fourth-order valence-corrected chi connectivity index (χ4v) is 2.91. The Morgan fingerprint density at radius 3 is 2.48 bits per heavy atom. The zero-order valence-electron chi connectivity index (χ0n) is 15.4. The first kappa shape index (κ1) is 19.2. The van der Waals surface area contributed by atoms with Gasteiger partial charge in [0.05, 0.1) is 27.7 Å². The van der Waals surface area contributed by atoms with E-state index in [0.29, 0.717) is 11.2 Å². The zero-order valence-corrected chi connectivity index (χ0v) is 16.2. The molecule has 134 valence electrons. The van der Waals surface area contributed by atoms with Gasteiger partial charge in [-0.2, -0.15) is 0 Å². The summed E-state index contributed by atoms with van der Waals surface area (Å²) < 4.78 is 5.24. The van der Waals surface area contributed by atoms with Crippen LogP contribution in [0.4, 0.5) is 5.69 Å². The molecule has 0 aliphatic heterocycles. The molecule has 0 saturated heterocycles. The highest BCUT2D eigenvalue weighted by molar-refractivity contribution is 7.80. The third kappa shape index (κ3) is 5.73. The van der Waals surface area contributed by atoms with Crippen molar-refractivity contribution in [2.45, 2.75) is 19.4 Å². The third-order valence-corrected chi connectivity index (χ3v) is 4.53. The highest BCUT2D eigenvalue weighted by Gasteiger charge is 2.18. The number of ether oxygens (including phenoxy) is 1. The van der Waals surface area contributed by atoms with E-state index in [2.05, 4.69) is 55.9 Å². The molecule has 2 aromatic rings. The number of quaternary nitrogens is 1. The average Bonchev–Trinajstić information content (AvgIpc) is 2.62. The Bertz CT molecular complexity index is 686. The molecule has 0 bridgehead atoms. The normalized spacial score (nSPS) is 11.9. The number of nitrogens with one attached hydrogen (secondary N) is 3. The van der Waals surface area contributed by atoms with Crippen molar-refractivity contribution in [1.29, 1.82) is 0 Å². The van der Waals surface area contributed by atoms with Gasteiger partial charge in [-0.05, 0) is 36.3 Å². The van der Waals surface area contributed by atoms with E-state index >= 15 is 0 Å². The van der Waals surface area contributed by atoms with Gasteiger partial charge in [0.25, 0.3) is 0 Å². The highest BCUT2D eigenvalue weighted by Crippen LogP contribution is 2.16. The average molecular weight is 359 g/mol. The Morgan fingerprint density at radius 2 is 1.88 bits per heavy atom. The van der Waals surface area contributed by atoms with Crippen molar-refractivity contribution in [2.75, 3.05) is 33.1 Å². The number of hydrogen-bond donors (Lipinski definition) is 3. The van der Waals surface area contributed by atoms with Crippen LogP contribution < -0.4 is 20.3 Å². The van der Waals surface area contributed by atoms with E-state index in [1.54, 1.807) is 7.11 Å². The second-order valence-corrected chi connectivity index (χ2v) is 6.70. The molecule has 0 fully saturated rings. The van der Waals surface area contributed by atoms with Gasteiger partial charge in [0, 0.05) is 17.3 Å².